The number of thiophene rings is 1. The molecule has 1 aliphatic rings. The van der Waals surface area contributed by atoms with Gasteiger partial charge in [-0.05, 0) is 43.7 Å². The van der Waals surface area contributed by atoms with E-state index < -0.39 is 6.10 Å². The predicted octanol–water partition coefficient (Wildman–Crippen LogP) is 3.32. The summed E-state index contributed by atoms with van der Waals surface area (Å²) in [6.45, 7) is 3.05. The maximum absolute atomic E-state index is 10.6. The molecule has 1 atom stereocenters. The molecule has 0 saturated heterocycles. The van der Waals surface area contributed by atoms with E-state index in [0.29, 0.717) is 0 Å². The van der Waals surface area contributed by atoms with Crippen LogP contribution in [0.25, 0.3) is 0 Å². The monoisotopic (exact) mass is 276 g/mol. The number of rotatable bonds is 4. The highest BCUT2D eigenvalue weighted by atomic mass is 32.1. The molecule has 0 spiro atoms. The van der Waals surface area contributed by atoms with Gasteiger partial charge in [-0.1, -0.05) is 6.92 Å². The van der Waals surface area contributed by atoms with Crippen LogP contribution in [0, 0.1) is 0 Å². The van der Waals surface area contributed by atoms with Crippen LogP contribution in [0.3, 0.4) is 0 Å². The molecule has 0 aromatic carbocycles. The molecule has 2 aromatic heterocycles. The molecule has 4 heteroatoms. The van der Waals surface area contributed by atoms with Gasteiger partial charge in [0.2, 0.25) is 0 Å². The highest BCUT2D eigenvalue weighted by molar-refractivity contribution is 7.12. The summed E-state index contributed by atoms with van der Waals surface area (Å²) >= 11 is 1.77. The number of aromatic nitrogens is 2. The van der Waals surface area contributed by atoms with Gasteiger partial charge < -0.3 is 9.67 Å². The van der Waals surface area contributed by atoms with Crippen molar-refractivity contribution < 1.29 is 5.11 Å². The first kappa shape index (κ1) is 12.9. The smallest absolute Gasteiger partial charge is 0.146 e. The van der Waals surface area contributed by atoms with Crippen molar-refractivity contribution in [2.24, 2.45) is 0 Å². The molecule has 3 nitrogen and oxygen atoms in total. The van der Waals surface area contributed by atoms with E-state index in [1.54, 1.807) is 17.5 Å². The highest BCUT2D eigenvalue weighted by Crippen LogP contribution is 2.34. The summed E-state index contributed by atoms with van der Waals surface area (Å²) in [5.41, 5.74) is 1.44. The minimum absolute atomic E-state index is 0.572. The number of nitrogens with zero attached hydrogens (tertiary/aromatic N) is 2. The van der Waals surface area contributed by atoms with Crippen LogP contribution in [0.4, 0.5) is 0 Å². The average molecular weight is 276 g/mol. The molecule has 0 saturated carbocycles. The van der Waals surface area contributed by atoms with Crippen molar-refractivity contribution in [3.63, 3.8) is 0 Å². The number of aliphatic hydroxyl groups is 1. The van der Waals surface area contributed by atoms with Gasteiger partial charge in [0.05, 0.1) is 0 Å². The zero-order chi connectivity index (χ0) is 13.2. The lowest BCUT2D eigenvalue weighted by molar-refractivity contribution is 0.208. The fraction of sp³-hybridized carbons (Fsp3) is 0.533. The van der Waals surface area contributed by atoms with Crippen molar-refractivity contribution in [1.29, 1.82) is 0 Å². The predicted molar refractivity (Wildman–Crippen MR) is 77.5 cm³/mol. The first-order valence-corrected chi connectivity index (χ1v) is 7.92. The topological polar surface area (TPSA) is 38.0 Å². The Hall–Kier alpha value is -1.13. The van der Waals surface area contributed by atoms with E-state index in [1.807, 2.05) is 6.20 Å². The van der Waals surface area contributed by atoms with Crippen molar-refractivity contribution in [2.75, 3.05) is 0 Å². The molecule has 2 aromatic rings. The Kier molecular flexibility index (Phi) is 3.71. The van der Waals surface area contributed by atoms with E-state index in [9.17, 15) is 5.11 Å². The molecule has 0 aliphatic heterocycles. The first-order valence-electron chi connectivity index (χ1n) is 7.10. The molecule has 0 fully saturated rings. The van der Waals surface area contributed by atoms with Gasteiger partial charge in [0.15, 0.2) is 0 Å². The molecule has 102 valence electrons. The molecule has 1 N–H and O–H groups in total. The Balaban J connectivity index is 1.88. The highest BCUT2D eigenvalue weighted by Gasteiger charge is 2.21. The molecule has 0 bridgehead atoms. The summed E-state index contributed by atoms with van der Waals surface area (Å²) in [7, 11) is 0. The molecule has 0 amide bonds. The van der Waals surface area contributed by atoms with E-state index in [4.69, 9.17) is 0 Å². The first-order chi connectivity index (χ1) is 9.29. The van der Waals surface area contributed by atoms with Gasteiger partial charge in [-0.25, -0.2) is 4.98 Å². The second-order valence-corrected chi connectivity index (χ2v) is 6.35. The van der Waals surface area contributed by atoms with Crippen LogP contribution in [0.5, 0.6) is 0 Å². The van der Waals surface area contributed by atoms with Crippen LogP contribution >= 0.6 is 11.3 Å². The van der Waals surface area contributed by atoms with E-state index in [-0.39, 0.29) is 0 Å². The Morgan fingerprint density at radius 3 is 3.05 bits per heavy atom. The van der Waals surface area contributed by atoms with Gasteiger partial charge in [-0.2, -0.15) is 0 Å². The molecule has 2 heterocycles. The molecule has 0 radical (unpaired) electrons. The van der Waals surface area contributed by atoms with Crippen LogP contribution in [0.2, 0.25) is 0 Å². The third kappa shape index (κ3) is 2.47. The molecule has 1 unspecified atom stereocenters. The third-order valence-electron chi connectivity index (χ3n) is 3.74. The van der Waals surface area contributed by atoms with Crippen molar-refractivity contribution in [3.05, 3.63) is 39.6 Å². The quantitative estimate of drug-likeness (QED) is 0.930. The lowest BCUT2D eigenvalue weighted by atomic mass is 9.99. The summed E-state index contributed by atoms with van der Waals surface area (Å²) in [4.78, 5) is 6.85. The minimum atomic E-state index is -0.572. The zero-order valence-corrected chi connectivity index (χ0v) is 12.1. The molecular formula is C15H20N2OS. The van der Waals surface area contributed by atoms with Gasteiger partial charge in [0.25, 0.3) is 0 Å². The van der Waals surface area contributed by atoms with Gasteiger partial charge in [0.1, 0.15) is 11.9 Å². The standard InChI is InChI=1S/C15H20N2OS/c1-2-8-17-9-7-16-15(17)14(18)13-10-11-5-3-4-6-12(11)19-13/h7,9-10,14,18H,2-6,8H2,1H3. The fourth-order valence-electron chi connectivity index (χ4n) is 2.77. The average Bonchev–Trinajstić information content (AvgIpc) is 3.04. The Labute approximate surface area is 117 Å². The van der Waals surface area contributed by atoms with E-state index >= 15 is 0 Å². The molecule has 19 heavy (non-hydrogen) atoms. The fourth-order valence-corrected chi connectivity index (χ4v) is 4.02. The van der Waals surface area contributed by atoms with Crippen molar-refractivity contribution in [3.8, 4) is 0 Å². The second kappa shape index (κ2) is 5.47. The van der Waals surface area contributed by atoms with Crippen molar-refractivity contribution in [2.45, 2.75) is 51.7 Å². The largest absolute Gasteiger partial charge is 0.380 e. The zero-order valence-electron chi connectivity index (χ0n) is 11.3. The number of fused-ring (bicyclic) bond motifs is 1. The van der Waals surface area contributed by atoms with E-state index in [1.165, 1.54) is 36.1 Å². The van der Waals surface area contributed by atoms with Gasteiger partial charge >= 0.3 is 0 Å². The summed E-state index contributed by atoms with van der Waals surface area (Å²) in [5.74, 6) is 0.778. The third-order valence-corrected chi connectivity index (χ3v) is 5.03. The van der Waals surface area contributed by atoms with Crippen LogP contribution in [0.1, 0.15) is 53.4 Å². The van der Waals surface area contributed by atoms with Crippen LogP contribution in [0.15, 0.2) is 18.5 Å². The number of hydrogen-bond acceptors (Lipinski definition) is 3. The lowest BCUT2D eigenvalue weighted by Crippen LogP contribution is -2.08. The second-order valence-electron chi connectivity index (χ2n) is 5.19. The van der Waals surface area contributed by atoms with Crippen molar-refractivity contribution >= 4 is 11.3 Å². The Morgan fingerprint density at radius 1 is 1.42 bits per heavy atom. The maximum atomic E-state index is 10.6. The summed E-state index contributed by atoms with van der Waals surface area (Å²) in [6.07, 6.45) is 9.13. The van der Waals surface area contributed by atoms with E-state index in [2.05, 4.69) is 22.5 Å². The summed E-state index contributed by atoms with van der Waals surface area (Å²) in [6, 6.07) is 2.19. The molecular weight excluding hydrogens is 256 g/mol. The normalized spacial score (nSPS) is 16.3. The lowest BCUT2D eigenvalue weighted by Gasteiger charge is -2.11. The van der Waals surface area contributed by atoms with Gasteiger partial charge in [-0.15, -0.1) is 11.3 Å². The number of imidazole rings is 1. The van der Waals surface area contributed by atoms with Gasteiger partial charge in [-0.3, -0.25) is 0 Å². The molecule has 3 rings (SSSR count). The number of aliphatic hydroxyl groups excluding tert-OH is 1. The Morgan fingerprint density at radius 2 is 2.26 bits per heavy atom. The van der Waals surface area contributed by atoms with Gasteiger partial charge in [0, 0.05) is 28.7 Å². The minimum Gasteiger partial charge on any atom is -0.380 e. The molecule has 1 aliphatic carbocycles. The van der Waals surface area contributed by atoms with Crippen LogP contribution < -0.4 is 0 Å². The number of hydrogen-bond donors (Lipinski definition) is 1. The summed E-state index contributed by atoms with van der Waals surface area (Å²) < 4.78 is 2.06. The maximum Gasteiger partial charge on any atom is 0.146 e. The Bertz CT molecular complexity index is 535. The van der Waals surface area contributed by atoms with Crippen LogP contribution in [-0.4, -0.2) is 14.7 Å². The van der Waals surface area contributed by atoms with E-state index in [0.717, 1.165) is 23.7 Å². The van der Waals surface area contributed by atoms with Crippen LogP contribution in [-0.2, 0) is 19.4 Å². The summed E-state index contributed by atoms with van der Waals surface area (Å²) in [5, 5.41) is 10.6. The number of aryl methyl sites for hydroxylation is 3. The van der Waals surface area contributed by atoms with Crippen molar-refractivity contribution in [1.82, 2.24) is 9.55 Å². The SMILES string of the molecule is CCCn1ccnc1C(O)c1cc2c(s1)CCCC2.